The fourth-order valence-corrected chi connectivity index (χ4v) is 3.46. The molecule has 0 spiro atoms. The quantitative estimate of drug-likeness (QED) is 0.622. The van der Waals surface area contributed by atoms with E-state index in [1.165, 1.54) is 17.4 Å². The lowest BCUT2D eigenvalue weighted by Gasteiger charge is -2.05. The number of thiophene rings is 1. The monoisotopic (exact) mass is 363 g/mol. The summed E-state index contributed by atoms with van der Waals surface area (Å²) in [5, 5.41) is 14.4. The van der Waals surface area contributed by atoms with Crippen LogP contribution in [0.25, 0.3) is 17.2 Å². The first-order valence-electron chi connectivity index (χ1n) is 8.00. The number of carboxylic acids is 1. The van der Waals surface area contributed by atoms with Crippen LogP contribution in [0.3, 0.4) is 0 Å². The SMILES string of the molecule is Cc1ccc(-c2csc(NC(=O)/C=C/c3ccccc3)c2C(=O)O)cc1. The summed E-state index contributed by atoms with van der Waals surface area (Å²) in [5.41, 5.74) is 3.52. The van der Waals surface area contributed by atoms with Crippen LogP contribution in [0, 0.1) is 6.92 Å². The van der Waals surface area contributed by atoms with Gasteiger partial charge in [0.1, 0.15) is 10.6 Å². The Kier molecular flexibility index (Phi) is 5.29. The molecule has 0 radical (unpaired) electrons. The first kappa shape index (κ1) is 17.6. The number of benzene rings is 2. The van der Waals surface area contributed by atoms with Crippen LogP contribution in [0.5, 0.6) is 0 Å². The van der Waals surface area contributed by atoms with Gasteiger partial charge in [0, 0.05) is 17.0 Å². The van der Waals surface area contributed by atoms with Crippen molar-refractivity contribution in [2.45, 2.75) is 6.92 Å². The lowest BCUT2D eigenvalue weighted by molar-refractivity contribution is -0.111. The largest absolute Gasteiger partial charge is 0.478 e. The number of hydrogen-bond donors (Lipinski definition) is 2. The van der Waals surface area contributed by atoms with E-state index in [1.807, 2.05) is 61.5 Å². The molecule has 3 aromatic rings. The normalized spacial score (nSPS) is 10.8. The van der Waals surface area contributed by atoms with Crippen LogP contribution in [-0.2, 0) is 4.79 Å². The van der Waals surface area contributed by atoms with Crippen molar-refractivity contribution in [3.63, 3.8) is 0 Å². The zero-order valence-corrected chi connectivity index (χ0v) is 14.9. The zero-order valence-electron chi connectivity index (χ0n) is 14.1. The van der Waals surface area contributed by atoms with Crippen LogP contribution < -0.4 is 5.32 Å². The Morgan fingerprint density at radius 1 is 1.04 bits per heavy atom. The van der Waals surface area contributed by atoms with Crippen molar-refractivity contribution >= 4 is 34.3 Å². The van der Waals surface area contributed by atoms with Gasteiger partial charge in [-0.05, 0) is 24.1 Å². The van der Waals surface area contributed by atoms with Crippen LogP contribution in [0.15, 0.2) is 66.1 Å². The summed E-state index contributed by atoms with van der Waals surface area (Å²) in [6.45, 7) is 1.97. The Bertz CT molecular complexity index is 957. The number of carbonyl (C=O) groups excluding carboxylic acids is 1. The third-order valence-corrected chi connectivity index (χ3v) is 4.73. The predicted octanol–water partition coefficient (Wildman–Crippen LogP) is 5.07. The summed E-state index contributed by atoms with van der Waals surface area (Å²) >= 11 is 1.21. The molecular formula is C21H17NO3S. The average Bonchev–Trinajstić information content (AvgIpc) is 3.05. The summed E-state index contributed by atoms with van der Waals surface area (Å²) in [7, 11) is 0. The first-order chi connectivity index (χ1) is 12.5. The molecule has 0 aliphatic rings. The van der Waals surface area contributed by atoms with E-state index < -0.39 is 5.97 Å². The number of anilines is 1. The first-order valence-corrected chi connectivity index (χ1v) is 8.88. The zero-order chi connectivity index (χ0) is 18.5. The molecule has 0 bridgehead atoms. The Morgan fingerprint density at radius 3 is 2.38 bits per heavy atom. The van der Waals surface area contributed by atoms with Gasteiger partial charge in [-0.25, -0.2) is 4.79 Å². The lowest BCUT2D eigenvalue weighted by atomic mass is 10.0. The highest BCUT2D eigenvalue weighted by molar-refractivity contribution is 7.15. The van der Waals surface area contributed by atoms with Gasteiger partial charge in [0.15, 0.2) is 0 Å². The molecule has 130 valence electrons. The maximum atomic E-state index is 12.2. The topological polar surface area (TPSA) is 66.4 Å². The minimum atomic E-state index is -1.07. The van der Waals surface area contributed by atoms with Gasteiger partial charge in [-0.1, -0.05) is 60.2 Å². The third kappa shape index (κ3) is 4.07. The van der Waals surface area contributed by atoms with Crippen molar-refractivity contribution in [3.05, 3.63) is 82.7 Å². The average molecular weight is 363 g/mol. The molecule has 0 aliphatic carbocycles. The van der Waals surface area contributed by atoms with Crippen molar-refractivity contribution in [2.24, 2.45) is 0 Å². The number of amides is 1. The Morgan fingerprint density at radius 2 is 1.73 bits per heavy atom. The fraction of sp³-hybridized carbons (Fsp3) is 0.0476. The number of aromatic carboxylic acids is 1. The molecule has 26 heavy (non-hydrogen) atoms. The highest BCUT2D eigenvalue weighted by Crippen LogP contribution is 2.35. The standard InChI is InChI=1S/C21H17NO3S/c1-14-7-10-16(11-8-14)17-13-26-20(19(17)21(24)25)22-18(23)12-9-15-5-3-2-4-6-15/h2-13H,1H3,(H,22,23)(H,24,25)/b12-9+. The third-order valence-electron chi connectivity index (χ3n) is 3.83. The maximum Gasteiger partial charge on any atom is 0.339 e. The lowest BCUT2D eigenvalue weighted by Crippen LogP contribution is -2.10. The predicted molar refractivity (Wildman–Crippen MR) is 106 cm³/mol. The van der Waals surface area contributed by atoms with E-state index in [4.69, 9.17) is 0 Å². The van der Waals surface area contributed by atoms with Crippen molar-refractivity contribution in [2.75, 3.05) is 5.32 Å². The minimum Gasteiger partial charge on any atom is -0.478 e. The number of carboxylic acid groups (broad SMARTS) is 1. The van der Waals surface area contributed by atoms with Crippen molar-refractivity contribution < 1.29 is 14.7 Å². The van der Waals surface area contributed by atoms with E-state index >= 15 is 0 Å². The maximum absolute atomic E-state index is 12.2. The molecular weight excluding hydrogens is 346 g/mol. The van der Waals surface area contributed by atoms with Gasteiger partial charge in [-0.3, -0.25) is 4.79 Å². The highest BCUT2D eigenvalue weighted by atomic mass is 32.1. The van der Waals surface area contributed by atoms with E-state index in [0.717, 1.165) is 16.7 Å². The molecule has 0 atom stereocenters. The van der Waals surface area contributed by atoms with Crippen LogP contribution in [0.4, 0.5) is 5.00 Å². The van der Waals surface area contributed by atoms with Crippen molar-refractivity contribution in [1.29, 1.82) is 0 Å². The molecule has 0 saturated carbocycles. The second-order valence-corrected chi connectivity index (χ2v) is 6.64. The van der Waals surface area contributed by atoms with E-state index in [1.54, 1.807) is 11.5 Å². The second kappa shape index (κ2) is 7.80. The number of nitrogens with one attached hydrogen (secondary N) is 1. The van der Waals surface area contributed by atoms with Crippen LogP contribution in [0.2, 0.25) is 0 Å². The highest BCUT2D eigenvalue weighted by Gasteiger charge is 2.20. The number of rotatable bonds is 5. The molecule has 0 saturated heterocycles. The van der Waals surface area contributed by atoms with E-state index in [-0.39, 0.29) is 11.5 Å². The summed E-state index contributed by atoms with van der Waals surface area (Å²) in [5.74, 6) is -1.43. The number of hydrogen-bond acceptors (Lipinski definition) is 3. The molecule has 1 heterocycles. The number of carbonyl (C=O) groups is 2. The van der Waals surface area contributed by atoms with Crippen LogP contribution in [0.1, 0.15) is 21.5 Å². The molecule has 0 unspecified atom stereocenters. The summed E-state index contributed by atoms with van der Waals surface area (Å²) in [6, 6.07) is 17.0. The van der Waals surface area contributed by atoms with Crippen molar-refractivity contribution in [3.8, 4) is 11.1 Å². The molecule has 0 fully saturated rings. The Balaban J connectivity index is 1.84. The number of aryl methyl sites for hydroxylation is 1. The summed E-state index contributed by atoms with van der Waals surface area (Å²) in [4.78, 5) is 23.9. The van der Waals surface area contributed by atoms with Gasteiger partial charge in [0.05, 0.1) is 0 Å². The molecule has 2 aromatic carbocycles. The molecule has 1 aromatic heterocycles. The van der Waals surface area contributed by atoms with Crippen LogP contribution >= 0.6 is 11.3 Å². The molecule has 1 amide bonds. The van der Waals surface area contributed by atoms with Gasteiger partial charge < -0.3 is 10.4 Å². The minimum absolute atomic E-state index is 0.111. The van der Waals surface area contributed by atoms with Gasteiger partial charge in [-0.15, -0.1) is 11.3 Å². The van der Waals surface area contributed by atoms with Gasteiger partial charge in [-0.2, -0.15) is 0 Å². The van der Waals surface area contributed by atoms with Gasteiger partial charge in [0.2, 0.25) is 5.91 Å². The van der Waals surface area contributed by atoms with Crippen LogP contribution in [-0.4, -0.2) is 17.0 Å². The molecule has 0 aliphatic heterocycles. The Labute approximate surface area is 155 Å². The van der Waals surface area contributed by atoms with E-state index in [0.29, 0.717) is 10.6 Å². The smallest absolute Gasteiger partial charge is 0.339 e. The molecule has 3 rings (SSSR count). The van der Waals surface area contributed by atoms with Gasteiger partial charge >= 0.3 is 5.97 Å². The molecule has 2 N–H and O–H groups in total. The molecule has 4 nitrogen and oxygen atoms in total. The summed E-state index contributed by atoms with van der Waals surface area (Å²) in [6.07, 6.45) is 3.08. The van der Waals surface area contributed by atoms with E-state index in [2.05, 4.69) is 5.32 Å². The Hall–Kier alpha value is -3.18. The van der Waals surface area contributed by atoms with E-state index in [9.17, 15) is 14.7 Å². The summed E-state index contributed by atoms with van der Waals surface area (Å²) < 4.78 is 0. The van der Waals surface area contributed by atoms with Crippen molar-refractivity contribution in [1.82, 2.24) is 0 Å². The molecule has 5 heteroatoms. The second-order valence-electron chi connectivity index (χ2n) is 5.76. The van der Waals surface area contributed by atoms with Gasteiger partial charge in [0.25, 0.3) is 0 Å². The fourth-order valence-electron chi connectivity index (χ4n) is 2.50.